The molecule has 22 heavy (non-hydrogen) atoms. The molecule has 0 atom stereocenters. The predicted molar refractivity (Wildman–Crippen MR) is 82.2 cm³/mol. The van der Waals surface area contributed by atoms with Crippen molar-refractivity contribution in [2.75, 3.05) is 14.2 Å². The van der Waals surface area contributed by atoms with Crippen molar-refractivity contribution in [1.82, 2.24) is 4.98 Å². The molecule has 1 aromatic heterocycles. The van der Waals surface area contributed by atoms with E-state index in [9.17, 15) is 9.18 Å². The van der Waals surface area contributed by atoms with Gasteiger partial charge in [0.2, 0.25) is 0 Å². The summed E-state index contributed by atoms with van der Waals surface area (Å²) in [5, 5.41) is 0.537. The molecule has 0 bridgehead atoms. The number of carbonyl (C=O) groups is 1. The Labute approximate surface area is 126 Å². The number of aromatic nitrogens is 1. The smallest absolute Gasteiger partial charge is 0.152 e. The number of aldehydes is 1. The van der Waals surface area contributed by atoms with Crippen LogP contribution in [0.4, 0.5) is 4.39 Å². The van der Waals surface area contributed by atoms with E-state index in [4.69, 9.17) is 9.47 Å². The number of halogens is 1. The van der Waals surface area contributed by atoms with Crippen LogP contribution in [0.2, 0.25) is 0 Å². The van der Waals surface area contributed by atoms with Gasteiger partial charge < -0.3 is 14.5 Å². The Bertz CT molecular complexity index is 854. The summed E-state index contributed by atoms with van der Waals surface area (Å²) >= 11 is 0. The standard InChI is InChI=1S/C17H14FNO3/c1-21-11-4-6-16(22-2)13(8-11)17-14(9-20)12-7-10(18)3-5-15(12)19-17/h3-9,19H,1-2H3. The molecule has 2 aromatic carbocycles. The zero-order valence-electron chi connectivity index (χ0n) is 12.1. The molecule has 5 heteroatoms. The van der Waals surface area contributed by atoms with Gasteiger partial charge in [-0.05, 0) is 36.4 Å². The summed E-state index contributed by atoms with van der Waals surface area (Å²) in [5.41, 5.74) is 2.33. The summed E-state index contributed by atoms with van der Waals surface area (Å²) in [6, 6.07) is 9.59. The van der Waals surface area contributed by atoms with Crippen molar-refractivity contribution in [2.24, 2.45) is 0 Å². The molecule has 0 radical (unpaired) electrons. The minimum absolute atomic E-state index is 0.390. The van der Waals surface area contributed by atoms with E-state index in [1.165, 1.54) is 12.1 Å². The summed E-state index contributed by atoms with van der Waals surface area (Å²) in [7, 11) is 3.11. The van der Waals surface area contributed by atoms with Crippen LogP contribution in [0.3, 0.4) is 0 Å². The molecule has 0 unspecified atom stereocenters. The Morgan fingerprint density at radius 1 is 1.09 bits per heavy atom. The van der Waals surface area contributed by atoms with Crippen LogP contribution in [0.1, 0.15) is 10.4 Å². The normalized spacial score (nSPS) is 10.7. The monoisotopic (exact) mass is 299 g/mol. The van der Waals surface area contributed by atoms with E-state index in [0.29, 0.717) is 45.5 Å². The second kappa shape index (κ2) is 5.52. The van der Waals surface area contributed by atoms with Crippen LogP contribution in [0.5, 0.6) is 11.5 Å². The highest BCUT2D eigenvalue weighted by Gasteiger charge is 2.17. The van der Waals surface area contributed by atoms with Gasteiger partial charge in [-0.15, -0.1) is 0 Å². The highest BCUT2D eigenvalue weighted by molar-refractivity contribution is 6.05. The lowest BCUT2D eigenvalue weighted by Crippen LogP contribution is -1.92. The number of fused-ring (bicyclic) bond motifs is 1. The number of carbonyl (C=O) groups excluding carboxylic acids is 1. The summed E-state index contributed by atoms with van der Waals surface area (Å²) in [5.74, 6) is 0.840. The van der Waals surface area contributed by atoms with Crippen molar-refractivity contribution >= 4 is 17.2 Å². The number of rotatable bonds is 4. The van der Waals surface area contributed by atoms with Crippen molar-refractivity contribution in [3.8, 4) is 22.8 Å². The Hall–Kier alpha value is -2.82. The second-order valence-electron chi connectivity index (χ2n) is 4.79. The lowest BCUT2D eigenvalue weighted by atomic mass is 10.0. The molecule has 0 fully saturated rings. The summed E-state index contributed by atoms with van der Waals surface area (Å²) < 4.78 is 24.0. The zero-order chi connectivity index (χ0) is 15.7. The second-order valence-corrected chi connectivity index (χ2v) is 4.79. The minimum atomic E-state index is -0.390. The number of nitrogens with one attached hydrogen (secondary N) is 1. The van der Waals surface area contributed by atoms with Crippen LogP contribution in [-0.2, 0) is 0 Å². The number of hydrogen-bond acceptors (Lipinski definition) is 3. The third-order valence-corrected chi connectivity index (χ3v) is 3.59. The molecule has 3 aromatic rings. The third kappa shape index (κ3) is 2.20. The van der Waals surface area contributed by atoms with Crippen molar-refractivity contribution in [2.45, 2.75) is 0 Å². The number of ether oxygens (including phenoxy) is 2. The molecular formula is C17H14FNO3. The maximum absolute atomic E-state index is 13.5. The van der Waals surface area contributed by atoms with Gasteiger partial charge in [0, 0.05) is 22.0 Å². The maximum Gasteiger partial charge on any atom is 0.152 e. The molecule has 0 saturated carbocycles. The minimum Gasteiger partial charge on any atom is -0.497 e. The largest absolute Gasteiger partial charge is 0.497 e. The highest BCUT2D eigenvalue weighted by Crippen LogP contribution is 2.37. The highest BCUT2D eigenvalue weighted by atomic mass is 19.1. The van der Waals surface area contributed by atoms with Gasteiger partial charge in [-0.1, -0.05) is 0 Å². The number of benzene rings is 2. The van der Waals surface area contributed by atoms with Crippen LogP contribution in [0.15, 0.2) is 36.4 Å². The van der Waals surface area contributed by atoms with Crippen LogP contribution in [0, 0.1) is 5.82 Å². The lowest BCUT2D eigenvalue weighted by Gasteiger charge is -2.10. The van der Waals surface area contributed by atoms with E-state index in [1.807, 2.05) is 0 Å². The number of methoxy groups -OCH3 is 2. The van der Waals surface area contributed by atoms with E-state index in [1.54, 1.807) is 38.5 Å². The fraction of sp³-hybridized carbons (Fsp3) is 0.118. The molecule has 4 nitrogen and oxygen atoms in total. The van der Waals surface area contributed by atoms with Gasteiger partial charge >= 0.3 is 0 Å². The van der Waals surface area contributed by atoms with Gasteiger partial charge in [-0.2, -0.15) is 0 Å². The lowest BCUT2D eigenvalue weighted by molar-refractivity contribution is 0.112. The van der Waals surface area contributed by atoms with Crippen molar-refractivity contribution in [1.29, 1.82) is 0 Å². The number of aromatic amines is 1. The summed E-state index contributed by atoms with van der Waals surface area (Å²) in [6.45, 7) is 0. The van der Waals surface area contributed by atoms with Crippen LogP contribution < -0.4 is 9.47 Å². The molecule has 0 aliphatic rings. The maximum atomic E-state index is 13.5. The van der Waals surface area contributed by atoms with E-state index >= 15 is 0 Å². The molecule has 0 spiro atoms. The van der Waals surface area contributed by atoms with E-state index in [2.05, 4.69) is 4.98 Å². The Balaban J connectivity index is 2.32. The van der Waals surface area contributed by atoms with Crippen molar-refractivity contribution in [3.05, 3.63) is 47.8 Å². The van der Waals surface area contributed by atoms with Gasteiger partial charge in [-0.3, -0.25) is 4.79 Å². The average Bonchev–Trinajstić information content (AvgIpc) is 2.91. The SMILES string of the molecule is COc1ccc(OC)c(-c2[nH]c3ccc(F)cc3c2C=O)c1. The van der Waals surface area contributed by atoms with Gasteiger partial charge in [-0.25, -0.2) is 4.39 Å². The first-order valence-electron chi connectivity index (χ1n) is 6.66. The fourth-order valence-electron chi connectivity index (χ4n) is 2.53. The molecule has 0 amide bonds. The summed E-state index contributed by atoms with van der Waals surface area (Å²) in [4.78, 5) is 14.7. The van der Waals surface area contributed by atoms with E-state index in [-0.39, 0.29) is 0 Å². The predicted octanol–water partition coefficient (Wildman–Crippen LogP) is 3.80. The molecule has 0 aliphatic carbocycles. The Morgan fingerprint density at radius 2 is 1.91 bits per heavy atom. The third-order valence-electron chi connectivity index (χ3n) is 3.59. The average molecular weight is 299 g/mol. The van der Waals surface area contributed by atoms with E-state index < -0.39 is 5.82 Å². The molecular weight excluding hydrogens is 285 g/mol. The van der Waals surface area contributed by atoms with Crippen LogP contribution in [0.25, 0.3) is 22.2 Å². The first kappa shape index (κ1) is 14.1. The van der Waals surface area contributed by atoms with Gasteiger partial charge in [0.05, 0.1) is 19.9 Å². The first-order chi connectivity index (χ1) is 10.7. The molecule has 1 N–H and O–H groups in total. The Kier molecular flexibility index (Phi) is 3.55. The Morgan fingerprint density at radius 3 is 2.59 bits per heavy atom. The quantitative estimate of drug-likeness (QED) is 0.745. The zero-order valence-corrected chi connectivity index (χ0v) is 12.1. The van der Waals surface area contributed by atoms with Crippen molar-refractivity contribution < 1.29 is 18.7 Å². The number of H-pyrrole nitrogens is 1. The van der Waals surface area contributed by atoms with E-state index in [0.717, 1.165) is 0 Å². The molecule has 112 valence electrons. The molecule has 0 aliphatic heterocycles. The molecule has 0 saturated heterocycles. The van der Waals surface area contributed by atoms with Crippen LogP contribution in [-0.4, -0.2) is 25.5 Å². The topological polar surface area (TPSA) is 51.3 Å². The number of hydrogen-bond donors (Lipinski definition) is 1. The van der Waals surface area contributed by atoms with Crippen LogP contribution >= 0.6 is 0 Å². The van der Waals surface area contributed by atoms with Gasteiger partial charge in [0.1, 0.15) is 17.3 Å². The van der Waals surface area contributed by atoms with Crippen molar-refractivity contribution in [3.63, 3.8) is 0 Å². The van der Waals surface area contributed by atoms with Gasteiger partial charge in [0.15, 0.2) is 6.29 Å². The first-order valence-corrected chi connectivity index (χ1v) is 6.66. The molecule has 3 rings (SSSR count). The molecule has 1 heterocycles. The van der Waals surface area contributed by atoms with Gasteiger partial charge in [0.25, 0.3) is 0 Å². The summed E-state index contributed by atoms with van der Waals surface area (Å²) in [6.07, 6.45) is 0.715. The fourth-order valence-corrected chi connectivity index (χ4v) is 2.53.